The van der Waals surface area contributed by atoms with Crippen LogP contribution in [0, 0.1) is 6.92 Å². The Bertz CT molecular complexity index is 703. The predicted octanol–water partition coefficient (Wildman–Crippen LogP) is 1.84. The van der Waals surface area contributed by atoms with Gasteiger partial charge in [-0.25, -0.2) is 15.0 Å². The number of nitrogens with zero attached hydrogens (tertiary/aromatic N) is 3. The van der Waals surface area contributed by atoms with E-state index < -0.39 is 0 Å². The number of aromatic amines is 1. The topological polar surface area (TPSA) is 92.5 Å². The van der Waals surface area contributed by atoms with Crippen LogP contribution in [0.1, 0.15) is 16.5 Å². The van der Waals surface area contributed by atoms with Crippen LogP contribution in [-0.4, -0.2) is 26.5 Å². The van der Waals surface area contributed by atoms with E-state index in [2.05, 4.69) is 31.3 Å². The summed E-state index contributed by atoms with van der Waals surface area (Å²) < 4.78 is 0. The average molecular weight is 288 g/mol. The molecule has 0 aliphatic heterocycles. The first-order valence-corrected chi connectivity index (χ1v) is 7.33. The summed E-state index contributed by atoms with van der Waals surface area (Å²) in [5.74, 6) is 1.57. The fourth-order valence-electron chi connectivity index (χ4n) is 2.10. The van der Waals surface area contributed by atoms with Gasteiger partial charge in [-0.15, -0.1) is 11.3 Å². The van der Waals surface area contributed by atoms with Crippen LogP contribution in [0.5, 0.6) is 0 Å². The third-order valence-corrected chi connectivity index (χ3v) is 3.74. The molecule has 3 aromatic heterocycles. The molecule has 104 valence electrons. The van der Waals surface area contributed by atoms with Gasteiger partial charge < -0.3 is 16.0 Å². The molecule has 3 heterocycles. The van der Waals surface area contributed by atoms with Gasteiger partial charge in [-0.1, -0.05) is 0 Å². The fraction of sp³-hybridized carbons (Fsp3) is 0.308. The summed E-state index contributed by atoms with van der Waals surface area (Å²) in [6, 6.07) is 2.06. The lowest BCUT2D eigenvalue weighted by atomic mass is 10.3. The molecule has 0 atom stereocenters. The number of nitrogens with two attached hydrogens (primary N) is 1. The van der Waals surface area contributed by atoms with Gasteiger partial charge in [0.05, 0.1) is 11.9 Å². The highest BCUT2D eigenvalue weighted by Crippen LogP contribution is 2.22. The minimum atomic E-state index is 0.612. The van der Waals surface area contributed by atoms with Crippen LogP contribution in [0.15, 0.2) is 17.6 Å². The SMILES string of the molecule is Cc1nc(NCc2nccs2)c2cc(CCN)[nH]c2n1. The lowest BCUT2D eigenvalue weighted by Crippen LogP contribution is -2.03. The molecule has 0 amide bonds. The first kappa shape index (κ1) is 13.0. The lowest BCUT2D eigenvalue weighted by Gasteiger charge is -2.05. The Morgan fingerprint density at radius 1 is 1.40 bits per heavy atom. The Kier molecular flexibility index (Phi) is 3.62. The second-order valence-corrected chi connectivity index (χ2v) is 5.47. The van der Waals surface area contributed by atoms with Crippen molar-refractivity contribution in [1.82, 2.24) is 19.9 Å². The van der Waals surface area contributed by atoms with Crippen molar-refractivity contribution in [1.29, 1.82) is 0 Å². The molecular weight excluding hydrogens is 272 g/mol. The Morgan fingerprint density at radius 3 is 3.05 bits per heavy atom. The molecule has 0 saturated heterocycles. The number of anilines is 1. The standard InChI is InChI=1S/C13H16N6S/c1-8-17-12(16-7-11-15-4-5-20-11)10-6-9(2-3-14)19-13(10)18-8/h4-6H,2-3,7,14H2,1H3,(H2,16,17,18,19). The maximum Gasteiger partial charge on any atom is 0.143 e. The summed E-state index contributed by atoms with van der Waals surface area (Å²) in [7, 11) is 0. The van der Waals surface area contributed by atoms with Crippen LogP contribution >= 0.6 is 11.3 Å². The van der Waals surface area contributed by atoms with Crippen molar-refractivity contribution in [2.24, 2.45) is 5.73 Å². The highest BCUT2D eigenvalue weighted by molar-refractivity contribution is 7.09. The van der Waals surface area contributed by atoms with Crippen molar-refractivity contribution in [3.63, 3.8) is 0 Å². The zero-order valence-corrected chi connectivity index (χ0v) is 12.0. The van der Waals surface area contributed by atoms with Crippen LogP contribution in [0.4, 0.5) is 5.82 Å². The minimum absolute atomic E-state index is 0.612. The summed E-state index contributed by atoms with van der Waals surface area (Å²) in [4.78, 5) is 16.4. The largest absolute Gasteiger partial charge is 0.363 e. The van der Waals surface area contributed by atoms with E-state index in [4.69, 9.17) is 5.73 Å². The number of aromatic nitrogens is 4. The Morgan fingerprint density at radius 2 is 2.30 bits per heavy atom. The van der Waals surface area contributed by atoms with E-state index in [1.807, 2.05) is 12.3 Å². The number of hydrogen-bond donors (Lipinski definition) is 3. The monoisotopic (exact) mass is 288 g/mol. The lowest BCUT2D eigenvalue weighted by molar-refractivity contribution is 0.936. The molecule has 6 nitrogen and oxygen atoms in total. The van der Waals surface area contributed by atoms with Crippen molar-refractivity contribution in [3.8, 4) is 0 Å². The molecule has 0 unspecified atom stereocenters. The van der Waals surface area contributed by atoms with Crippen molar-refractivity contribution in [3.05, 3.63) is 34.2 Å². The van der Waals surface area contributed by atoms with E-state index in [0.717, 1.165) is 39.8 Å². The van der Waals surface area contributed by atoms with Gasteiger partial charge in [-0.05, 0) is 26.0 Å². The quantitative estimate of drug-likeness (QED) is 0.666. The molecule has 3 aromatic rings. The normalized spacial score (nSPS) is 11.1. The zero-order valence-electron chi connectivity index (χ0n) is 11.2. The van der Waals surface area contributed by atoms with Crippen molar-refractivity contribution in [2.45, 2.75) is 19.9 Å². The number of nitrogens with one attached hydrogen (secondary N) is 2. The Hall–Kier alpha value is -1.99. The van der Waals surface area contributed by atoms with Gasteiger partial charge in [0.15, 0.2) is 0 Å². The minimum Gasteiger partial charge on any atom is -0.363 e. The molecule has 0 spiro atoms. The third-order valence-electron chi connectivity index (χ3n) is 2.96. The van der Waals surface area contributed by atoms with E-state index in [1.54, 1.807) is 17.5 Å². The fourth-order valence-corrected chi connectivity index (χ4v) is 2.66. The van der Waals surface area contributed by atoms with Gasteiger partial charge >= 0.3 is 0 Å². The van der Waals surface area contributed by atoms with Crippen LogP contribution in [0.2, 0.25) is 0 Å². The number of aryl methyl sites for hydroxylation is 1. The molecule has 0 aliphatic carbocycles. The van der Waals surface area contributed by atoms with Gasteiger partial charge in [-0.3, -0.25) is 0 Å². The van der Waals surface area contributed by atoms with Crippen LogP contribution in [-0.2, 0) is 13.0 Å². The van der Waals surface area contributed by atoms with E-state index in [0.29, 0.717) is 13.1 Å². The summed E-state index contributed by atoms with van der Waals surface area (Å²) in [6.45, 7) is 3.17. The van der Waals surface area contributed by atoms with E-state index in [-0.39, 0.29) is 0 Å². The van der Waals surface area contributed by atoms with Gasteiger partial charge in [0.1, 0.15) is 22.3 Å². The molecule has 4 N–H and O–H groups in total. The van der Waals surface area contributed by atoms with E-state index >= 15 is 0 Å². The van der Waals surface area contributed by atoms with Gasteiger partial charge in [-0.2, -0.15) is 0 Å². The highest BCUT2D eigenvalue weighted by Gasteiger charge is 2.09. The van der Waals surface area contributed by atoms with Crippen molar-refractivity contribution in [2.75, 3.05) is 11.9 Å². The molecule has 0 saturated carbocycles. The van der Waals surface area contributed by atoms with E-state index in [9.17, 15) is 0 Å². The first-order chi connectivity index (χ1) is 9.76. The summed E-state index contributed by atoms with van der Waals surface area (Å²) in [5.41, 5.74) is 7.53. The van der Waals surface area contributed by atoms with E-state index in [1.165, 1.54) is 0 Å². The molecule has 0 bridgehead atoms. The number of hydrogen-bond acceptors (Lipinski definition) is 6. The Labute approximate surface area is 120 Å². The molecule has 0 fully saturated rings. The smallest absolute Gasteiger partial charge is 0.143 e. The number of thiazole rings is 1. The summed E-state index contributed by atoms with van der Waals surface area (Å²) in [5, 5.41) is 7.33. The maximum absolute atomic E-state index is 5.59. The molecule has 0 aromatic carbocycles. The Balaban J connectivity index is 1.91. The van der Waals surface area contributed by atoms with Gasteiger partial charge in [0.2, 0.25) is 0 Å². The summed E-state index contributed by atoms with van der Waals surface area (Å²) in [6.07, 6.45) is 2.61. The molecule has 3 rings (SSSR count). The number of H-pyrrole nitrogens is 1. The van der Waals surface area contributed by atoms with Crippen molar-refractivity contribution >= 4 is 28.2 Å². The van der Waals surface area contributed by atoms with Crippen LogP contribution < -0.4 is 11.1 Å². The predicted molar refractivity (Wildman–Crippen MR) is 80.8 cm³/mol. The average Bonchev–Trinajstić information content (AvgIpc) is 3.05. The molecule has 0 radical (unpaired) electrons. The number of rotatable bonds is 5. The number of fused-ring (bicyclic) bond motifs is 1. The molecule has 7 heteroatoms. The molecule has 20 heavy (non-hydrogen) atoms. The molecular formula is C13H16N6S. The summed E-state index contributed by atoms with van der Waals surface area (Å²) >= 11 is 1.62. The second kappa shape index (κ2) is 5.56. The van der Waals surface area contributed by atoms with Crippen LogP contribution in [0.25, 0.3) is 11.0 Å². The highest BCUT2D eigenvalue weighted by atomic mass is 32.1. The van der Waals surface area contributed by atoms with Gasteiger partial charge in [0.25, 0.3) is 0 Å². The first-order valence-electron chi connectivity index (χ1n) is 6.45. The molecule has 0 aliphatic rings. The van der Waals surface area contributed by atoms with Crippen LogP contribution in [0.3, 0.4) is 0 Å². The third kappa shape index (κ3) is 2.63. The zero-order chi connectivity index (χ0) is 13.9. The van der Waals surface area contributed by atoms with Gasteiger partial charge in [0, 0.05) is 17.3 Å². The maximum atomic E-state index is 5.59. The second-order valence-electron chi connectivity index (χ2n) is 4.49. The van der Waals surface area contributed by atoms with Crippen molar-refractivity contribution < 1.29 is 0 Å².